The minimum atomic E-state index is -4.68. The summed E-state index contributed by atoms with van der Waals surface area (Å²) in [7, 11) is -3.61. The van der Waals surface area contributed by atoms with Crippen molar-refractivity contribution >= 4 is 62.1 Å². The van der Waals surface area contributed by atoms with Crippen molar-refractivity contribution in [3.05, 3.63) is 81.2 Å². The van der Waals surface area contributed by atoms with Crippen molar-refractivity contribution in [1.82, 2.24) is 15.1 Å². The molecule has 1 aliphatic carbocycles. The largest absolute Gasteiger partial charge is 0.405 e. The van der Waals surface area contributed by atoms with Crippen LogP contribution in [0.2, 0.25) is 15.1 Å². The number of alkyl halides is 3. The number of pyridine rings is 1. The number of hydrogen-bond donors (Lipinski definition) is 1. The monoisotopic (exact) mass is 687 g/mol. The molecule has 2 heterocycles. The maximum absolute atomic E-state index is 13.4. The average molecular weight is 689 g/mol. The first-order valence-electron chi connectivity index (χ1n) is 13.1. The maximum atomic E-state index is 13.4. The van der Waals surface area contributed by atoms with E-state index in [0.717, 1.165) is 18.3 Å². The fraction of sp³-hybridized carbons (Fsp3) is 0.286. The molecule has 4 aromatic rings. The van der Waals surface area contributed by atoms with Gasteiger partial charge in [0.05, 0.1) is 22.6 Å². The van der Waals surface area contributed by atoms with Crippen molar-refractivity contribution in [2.24, 2.45) is 0 Å². The standard InChI is InChI=1S/C28H23Cl3F3N5O4S/c1-2-44(41,42)19-7-8-22(35-13-19)39(15-28(32,33)34)14-23(40)36-18-11-20(30)24(21(31)12-18)27(9-10-27)26-37-25(43-38-26)16-3-5-17(29)6-4-16/h3-8,11-13H,2,9-10,14-15H2,1H3,(H,36,40). The van der Waals surface area contributed by atoms with Crippen LogP contribution < -0.4 is 10.2 Å². The zero-order valence-electron chi connectivity index (χ0n) is 22.8. The number of benzene rings is 2. The molecule has 0 aliphatic heterocycles. The molecular weight excluding hydrogens is 666 g/mol. The van der Waals surface area contributed by atoms with Crippen molar-refractivity contribution in [1.29, 1.82) is 0 Å². The number of hydrogen-bond acceptors (Lipinski definition) is 8. The fourth-order valence-electron chi connectivity index (χ4n) is 4.66. The van der Waals surface area contributed by atoms with E-state index in [-0.39, 0.29) is 32.2 Å². The molecule has 2 aromatic heterocycles. The predicted molar refractivity (Wildman–Crippen MR) is 160 cm³/mol. The van der Waals surface area contributed by atoms with Gasteiger partial charge in [-0.2, -0.15) is 18.2 Å². The fourth-order valence-corrected chi connectivity index (χ4v) is 6.46. The van der Waals surface area contributed by atoms with Gasteiger partial charge in [0.15, 0.2) is 15.7 Å². The Morgan fingerprint density at radius 1 is 1.07 bits per heavy atom. The molecule has 16 heteroatoms. The van der Waals surface area contributed by atoms with Crippen LogP contribution >= 0.6 is 34.8 Å². The Kier molecular flexibility index (Phi) is 8.87. The number of rotatable bonds is 10. The van der Waals surface area contributed by atoms with Crippen LogP contribution in [0.25, 0.3) is 11.5 Å². The summed E-state index contributed by atoms with van der Waals surface area (Å²) < 4.78 is 69.6. The number of carbonyl (C=O) groups excluding carboxylic acids is 1. The van der Waals surface area contributed by atoms with Gasteiger partial charge in [-0.05, 0) is 61.4 Å². The van der Waals surface area contributed by atoms with Crippen molar-refractivity contribution in [3.8, 4) is 11.5 Å². The first kappa shape index (κ1) is 32.0. The Hall–Kier alpha value is -3.39. The molecule has 44 heavy (non-hydrogen) atoms. The van der Waals surface area contributed by atoms with Crippen LogP contribution in [-0.4, -0.2) is 54.5 Å². The Morgan fingerprint density at radius 3 is 2.27 bits per heavy atom. The quantitative estimate of drug-likeness (QED) is 0.190. The summed E-state index contributed by atoms with van der Waals surface area (Å²) in [4.78, 5) is 21.8. The number of amides is 1. The molecule has 1 saturated carbocycles. The normalized spacial score (nSPS) is 14.3. The van der Waals surface area contributed by atoms with Crippen LogP contribution in [0.1, 0.15) is 31.2 Å². The highest BCUT2D eigenvalue weighted by atomic mass is 35.5. The van der Waals surface area contributed by atoms with E-state index in [0.29, 0.717) is 45.6 Å². The summed E-state index contributed by atoms with van der Waals surface area (Å²) in [5.41, 5.74) is 0.657. The van der Waals surface area contributed by atoms with E-state index in [1.807, 2.05) is 0 Å². The number of halogens is 6. The van der Waals surface area contributed by atoms with E-state index in [4.69, 9.17) is 39.3 Å². The first-order chi connectivity index (χ1) is 20.7. The Labute approximate surface area is 265 Å². The third-order valence-electron chi connectivity index (χ3n) is 6.99. The van der Waals surface area contributed by atoms with Gasteiger partial charge in [0, 0.05) is 38.1 Å². The number of anilines is 2. The van der Waals surface area contributed by atoms with Gasteiger partial charge in [-0.25, -0.2) is 13.4 Å². The molecule has 2 aromatic carbocycles. The van der Waals surface area contributed by atoms with Gasteiger partial charge >= 0.3 is 6.18 Å². The van der Waals surface area contributed by atoms with Gasteiger partial charge in [0.25, 0.3) is 5.89 Å². The Balaban J connectivity index is 1.34. The number of nitrogens with zero attached hydrogens (tertiary/aromatic N) is 4. The molecule has 9 nitrogen and oxygen atoms in total. The molecule has 1 fully saturated rings. The van der Waals surface area contributed by atoms with Gasteiger partial charge in [0.1, 0.15) is 12.4 Å². The second-order valence-electron chi connectivity index (χ2n) is 10.1. The van der Waals surface area contributed by atoms with E-state index in [9.17, 15) is 26.4 Å². The molecule has 1 aliphatic rings. The summed E-state index contributed by atoms with van der Waals surface area (Å²) >= 11 is 19.2. The lowest BCUT2D eigenvalue weighted by molar-refractivity contribution is -0.122. The molecular formula is C28H23Cl3F3N5O4S. The zero-order chi connectivity index (χ0) is 31.9. The lowest BCUT2D eigenvalue weighted by atomic mass is 9.94. The number of nitrogens with one attached hydrogen (secondary N) is 1. The van der Waals surface area contributed by atoms with Crippen LogP contribution in [0.4, 0.5) is 24.7 Å². The molecule has 0 radical (unpaired) electrons. The van der Waals surface area contributed by atoms with Crippen LogP contribution in [0.3, 0.4) is 0 Å². The van der Waals surface area contributed by atoms with Crippen molar-refractivity contribution in [3.63, 3.8) is 0 Å². The molecule has 1 amide bonds. The first-order valence-corrected chi connectivity index (χ1v) is 15.9. The number of aromatic nitrogens is 3. The van der Waals surface area contributed by atoms with Gasteiger partial charge < -0.3 is 14.7 Å². The van der Waals surface area contributed by atoms with Crippen molar-refractivity contribution < 1.29 is 30.9 Å². The lowest BCUT2D eigenvalue weighted by Gasteiger charge is -2.24. The average Bonchev–Trinajstić information content (AvgIpc) is 3.58. The van der Waals surface area contributed by atoms with Crippen molar-refractivity contribution in [2.75, 3.05) is 29.1 Å². The third-order valence-corrected chi connectivity index (χ3v) is 9.56. The molecule has 5 rings (SSSR count). The second kappa shape index (κ2) is 12.2. The maximum Gasteiger partial charge on any atom is 0.405 e. The zero-order valence-corrected chi connectivity index (χ0v) is 25.9. The van der Waals surface area contributed by atoms with Crippen LogP contribution in [-0.2, 0) is 20.0 Å². The van der Waals surface area contributed by atoms with E-state index in [2.05, 4.69) is 20.4 Å². The molecule has 232 valence electrons. The summed E-state index contributed by atoms with van der Waals surface area (Å²) in [6.07, 6.45) is -2.44. The lowest BCUT2D eigenvalue weighted by Crippen LogP contribution is -2.40. The number of sulfone groups is 1. The minimum absolute atomic E-state index is 0.139. The van der Waals surface area contributed by atoms with Gasteiger partial charge in [0.2, 0.25) is 5.91 Å². The van der Waals surface area contributed by atoms with Crippen LogP contribution in [0.5, 0.6) is 0 Å². The summed E-state index contributed by atoms with van der Waals surface area (Å²) in [5, 5.41) is 7.63. The third kappa shape index (κ3) is 6.96. The van der Waals surface area contributed by atoms with Gasteiger partial charge in [-0.3, -0.25) is 4.79 Å². The molecule has 0 bridgehead atoms. The van der Waals surface area contributed by atoms with Crippen LogP contribution in [0.15, 0.2) is 64.1 Å². The number of carbonyl (C=O) groups is 1. The molecule has 0 saturated heterocycles. The van der Waals surface area contributed by atoms with E-state index < -0.39 is 40.4 Å². The Morgan fingerprint density at radius 2 is 1.73 bits per heavy atom. The van der Waals surface area contributed by atoms with Gasteiger partial charge in [-0.15, -0.1) is 0 Å². The highest BCUT2D eigenvalue weighted by molar-refractivity contribution is 7.91. The second-order valence-corrected chi connectivity index (χ2v) is 13.6. The Bertz CT molecular complexity index is 1770. The molecule has 0 unspecified atom stereocenters. The highest BCUT2D eigenvalue weighted by Crippen LogP contribution is 2.57. The van der Waals surface area contributed by atoms with E-state index in [1.165, 1.54) is 19.1 Å². The van der Waals surface area contributed by atoms with Crippen molar-refractivity contribution in [2.45, 2.75) is 36.3 Å². The summed E-state index contributed by atoms with van der Waals surface area (Å²) in [5.74, 6) is -0.566. The topological polar surface area (TPSA) is 118 Å². The van der Waals surface area contributed by atoms with E-state index >= 15 is 0 Å². The summed E-state index contributed by atoms with van der Waals surface area (Å²) in [6, 6.07) is 12.0. The van der Waals surface area contributed by atoms with E-state index in [1.54, 1.807) is 24.3 Å². The highest BCUT2D eigenvalue weighted by Gasteiger charge is 2.52. The van der Waals surface area contributed by atoms with Crippen LogP contribution in [0, 0.1) is 0 Å². The van der Waals surface area contributed by atoms with Gasteiger partial charge in [-0.1, -0.05) is 46.9 Å². The molecule has 1 N–H and O–H groups in total. The summed E-state index contributed by atoms with van der Waals surface area (Å²) in [6.45, 7) is -0.814. The minimum Gasteiger partial charge on any atom is -0.338 e. The predicted octanol–water partition coefficient (Wildman–Crippen LogP) is 6.97. The molecule has 0 atom stereocenters. The smallest absolute Gasteiger partial charge is 0.338 e. The SMILES string of the molecule is CCS(=O)(=O)c1ccc(N(CC(=O)Nc2cc(Cl)c(C3(c4noc(-c5ccc(Cl)cc5)n4)CC3)c(Cl)c2)CC(F)(F)F)nc1. The molecule has 0 spiro atoms.